The summed E-state index contributed by atoms with van der Waals surface area (Å²) in [7, 11) is 0. The van der Waals surface area contributed by atoms with Gasteiger partial charge in [-0.3, -0.25) is 4.79 Å². The third-order valence-electron chi connectivity index (χ3n) is 4.00. The van der Waals surface area contributed by atoms with Crippen molar-refractivity contribution >= 4 is 11.7 Å². The molecule has 0 saturated heterocycles. The molecule has 20 heavy (non-hydrogen) atoms. The van der Waals surface area contributed by atoms with Crippen LogP contribution in [0.15, 0.2) is 29.4 Å². The number of hydrogen-bond donors (Lipinski definition) is 3. The summed E-state index contributed by atoms with van der Waals surface area (Å²) in [5.41, 5.74) is 7.33. The molecule has 4 N–H and O–H groups in total. The summed E-state index contributed by atoms with van der Waals surface area (Å²) in [6.45, 7) is 2.97. The van der Waals surface area contributed by atoms with Crippen LogP contribution in [0.4, 0.5) is 0 Å². The number of benzene rings is 1. The zero-order chi connectivity index (χ0) is 14.6. The van der Waals surface area contributed by atoms with Gasteiger partial charge in [0.25, 0.3) is 0 Å². The standard InChI is InChI=1S/C15H21N3O2/c1-15(7-2-8-15)10-17-13(19)9-11-3-5-12(6-4-11)14(16)18-20/h3-6,20H,2,7-10H2,1H3,(H2,16,18)(H,17,19). The Morgan fingerprint density at radius 2 is 2.05 bits per heavy atom. The van der Waals surface area contributed by atoms with E-state index in [1.807, 2.05) is 12.1 Å². The summed E-state index contributed by atoms with van der Waals surface area (Å²) in [5.74, 6) is 0.105. The first-order chi connectivity index (χ1) is 9.52. The van der Waals surface area contributed by atoms with Crippen LogP contribution in [0.3, 0.4) is 0 Å². The van der Waals surface area contributed by atoms with Crippen LogP contribution >= 0.6 is 0 Å². The molecule has 1 aromatic rings. The molecule has 0 bridgehead atoms. The Bertz CT molecular complexity index is 504. The molecular weight excluding hydrogens is 254 g/mol. The SMILES string of the molecule is CC1(CNC(=O)Cc2ccc(/C(N)=N/O)cc2)CCC1. The average molecular weight is 275 g/mol. The van der Waals surface area contributed by atoms with Crippen LogP contribution in [0.2, 0.25) is 0 Å². The van der Waals surface area contributed by atoms with E-state index in [1.165, 1.54) is 19.3 Å². The molecule has 0 aromatic heterocycles. The monoisotopic (exact) mass is 275 g/mol. The molecule has 0 heterocycles. The second kappa shape index (κ2) is 5.94. The minimum absolute atomic E-state index is 0.0367. The predicted molar refractivity (Wildman–Crippen MR) is 77.6 cm³/mol. The Morgan fingerprint density at radius 3 is 2.55 bits per heavy atom. The summed E-state index contributed by atoms with van der Waals surface area (Å²) in [5, 5.41) is 14.5. The van der Waals surface area contributed by atoms with Crippen molar-refractivity contribution in [3.8, 4) is 0 Å². The number of amidine groups is 1. The maximum atomic E-state index is 11.9. The predicted octanol–water partition coefficient (Wildman–Crippen LogP) is 1.63. The molecular formula is C15H21N3O2. The molecule has 1 aliphatic rings. The van der Waals surface area contributed by atoms with Gasteiger partial charge in [0.05, 0.1) is 6.42 Å². The number of carbonyl (C=O) groups is 1. The Kier molecular flexibility index (Phi) is 4.27. The zero-order valence-corrected chi connectivity index (χ0v) is 11.7. The van der Waals surface area contributed by atoms with E-state index in [-0.39, 0.29) is 11.7 Å². The molecule has 0 unspecified atom stereocenters. The molecule has 5 heteroatoms. The number of nitrogens with zero attached hydrogens (tertiary/aromatic N) is 1. The Hall–Kier alpha value is -2.04. The Balaban J connectivity index is 1.84. The van der Waals surface area contributed by atoms with E-state index in [2.05, 4.69) is 17.4 Å². The van der Waals surface area contributed by atoms with Gasteiger partial charge in [-0.05, 0) is 23.8 Å². The molecule has 0 spiro atoms. The van der Waals surface area contributed by atoms with E-state index < -0.39 is 0 Å². The van der Waals surface area contributed by atoms with Crippen molar-refractivity contribution in [1.82, 2.24) is 5.32 Å². The molecule has 1 amide bonds. The van der Waals surface area contributed by atoms with Crippen molar-refractivity contribution in [1.29, 1.82) is 0 Å². The van der Waals surface area contributed by atoms with E-state index in [4.69, 9.17) is 10.9 Å². The molecule has 0 atom stereocenters. The maximum absolute atomic E-state index is 11.9. The molecule has 1 aromatic carbocycles. The van der Waals surface area contributed by atoms with Crippen molar-refractivity contribution in [2.24, 2.45) is 16.3 Å². The highest BCUT2D eigenvalue weighted by molar-refractivity contribution is 5.97. The van der Waals surface area contributed by atoms with Crippen molar-refractivity contribution < 1.29 is 10.0 Å². The lowest BCUT2D eigenvalue weighted by molar-refractivity contribution is -0.121. The van der Waals surface area contributed by atoms with Crippen LogP contribution in [0, 0.1) is 5.41 Å². The maximum Gasteiger partial charge on any atom is 0.224 e. The van der Waals surface area contributed by atoms with Crippen LogP contribution in [-0.4, -0.2) is 23.5 Å². The van der Waals surface area contributed by atoms with Crippen LogP contribution in [0.1, 0.15) is 37.3 Å². The normalized spacial score (nSPS) is 17.4. The molecule has 5 nitrogen and oxygen atoms in total. The summed E-state index contributed by atoms with van der Waals surface area (Å²) in [6, 6.07) is 7.12. The van der Waals surface area contributed by atoms with Crippen molar-refractivity contribution in [2.75, 3.05) is 6.54 Å². The number of nitrogens with two attached hydrogens (primary N) is 1. The number of carbonyl (C=O) groups excluding carboxylic acids is 1. The summed E-state index contributed by atoms with van der Waals surface area (Å²) >= 11 is 0. The van der Waals surface area contributed by atoms with Crippen LogP contribution in [-0.2, 0) is 11.2 Å². The number of nitrogens with one attached hydrogen (secondary N) is 1. The molecule has 108 valence electrons. The third-order valence-corrected chi connectivity index (χ3v) is 4.00. The van der Waals surface area contributed by atoms with Gasteiger partial charge in [0.15, 0.2) is 5.84 Å². The third kappa shape index (κ3) is 3.50. The smallest absolute Gasteiger partial charge is 0.224 e. The largest absolute Gasteiger partial charge is 0.409 e. The fourth-order valence-electron chi connectivity index (χ4n) is 2.37. The molecule has 1 fully saturated rings. The average Bonchev–Trinajstić information content (AvgIpc) is 2.43. The number of amides is 1. The number of oxime groups is 1. The van der Waals surface area contributed by atoms with Gasteiger partial charge < -0.3 is 16.3 Å². The van der Waals surface area contributed by atoms with E-state index in [0.717, 1.165) is 12.1 Å². The molecule has 2 rings (SSSR count). The van der Waals surface area contributed by atoms with Crippen molar-refractivity contribution in [3.05, 3.63) is 35.4 Å². The van der Waals surface area contributed by atoms with Gasteiger partial charge in [-0.25, -0.2) is 0 Å². The minimum atomic E-state index is 0.0367. The molecule has 1 saturated carbocycles. The van der Waals surface area contributed by atoms with Gasteiger partial charge in [0.1, 0.15) is 0 Å². The summed E-state index contributed by atoms with van der Waals surface area (Å²) in [6.07, 6.45) is 4.01. The van der Waals surface area contributed by atoms with Crippen LogP contribution in [0.25, 0.3) is 0 Å². The fourth-order valence-corrected chi connectivity index (χ4v) is 2.37. The first-order valence-corrected chi connectivity index (χ1v) is 6.86. The first-order valence-electron chi connectivity index (χ1n) is 6.86. The van der Waals surface area contributed by atoms with E-state index in [9.17, 15) is 4.79 Å². The first kappa shape index (κ1) is 14.4. The zero-order valence-electron chi connectivity index (χ0n) is 11.7. The fraction of sp³-hybridized carbons (Fsp3) is 0.467. The second-order valence-corrected chi connectivity index (χ2v) is 5.80. The van der Waals surface area contributed by atoms with Crippen LogP contribution in [0.5, 0.6) is 0 Å². The lowest BCUT2D eigenvalue weighted by atomic mass is 9.70. The topological polar surface area (TPSA) is 87.7 Å². The number of hydrogen-bond acceptors (Lipinski definition) is 3. The van der Waals surface area contributed by atoms with Gasteiger partial charge in [-0.15, -0.1) is 0 Å². The van der Waals surface area contributed by atoms with Gasteiger partial charge in [-0.1, -0.05) is 42.8 Å². The van der Waals surface area contributed by atoms with E-state index >= 15 is 0 Å². The lowest BCUT2D eigenvalue weighted by Crippen LogP contribution is -2.40. The Labute approximate surface area is 118 Å². The number of rotatable bonds is 5. The second-order valence-electron chi connectivity index (χ2n) is 5.80. The molecule has 1 aliphatic carbocycles. The Morgan fingerprint density at radius 1 is 1.40 bits per heavy atom. The van der Waals surface area contributed by atoms with E-state index in [0.29, 0.717) is 17.4 Å². The summed E-state index contributed by atoms with van der Waals surface area (Å²) in [4.78, 5) is 11.9. The highest BCUT2D eigenvalue weighted by atomic mass is 16.4. The summed E-state index contributed by atoms with van der Waals surface area (Å²) < 4.78 is 0. The molecule has 0 radical (unpaired) electrons. The van der Waals surface area contributed by atoms with Crippen molar-refractivity contribution in [2.45, 2.75) is 32.6 Å². The van der Waals surface area contributed by atoms with Gasteiger partial charge in [0.2, 0.25) is 5.91 Å². The van der Waals surface area contributed by atoms with Gasteiger partial charge >= 0.3 is 0 Å². The highest BCUT2D eigenvalue weighted by Gasteiger charge is 2.31. The van der Waals surface area contributed by atoms with Gasteiger partial charge in [-0.2, -0.15) is 0 Å². The van der Waals surface area contributed by atoms with Crippen LogP contribution < -0.4 is 11.1 Å². The highest BCUT2D eigenvalue weighted by Crippen LogP contribution is 2.39. The van der Waals surface area contributed by atoms with E-state index in [1.54, 1.807) is 12.1 Å². The van der Waals surface area contributed by atoms with Crippen molar-refractivity contribution in [3.63, 3.8) is 0 Å². The van der Waals surface area contributed by atoms with Gasteiger partial charge in [0, 0.05) is 12.1 Å². The lowest BCUT2D eigenvalue weighted by Gasteiger charge is -2.38. The minimum Gasteiger partial charge on any atom is -0.409 e. The quantitative estimate of drug-likeness (QED) is 0.330. The molecule has 0 aliphatic heterocycles.